The largest absolute Gasteiger partial charge is 0.497 e. The number of ether oxygens (including phenoxy) is 2. The molecule has 0 N–H and O–H groups in total. The van der Waals surface area contributed by atoms with Crippen LogP contribution in [0.3, 0.4) is 0 Å². The lowest BCUT2D eigenvalue weighted by molar-refractivity contribution is -0.127. The fourth-order valence-corrected chi connectivity index (χ4v) is 1.65. The Balaban J connectivity index is 2.37. The molecule has 0 saturated heterocycles. The van der Waals surface area contributed by atoms with Crippen molar-refractivity contribution in [1.29, 1.82) is 0 Å². The van der Waals surface area contributed by atoms with Crippen molar-refractivity contribution in [2.75, 3.05) is 32.6 Å². The summed E-state index contributed by atoms with van der Waals surface area (Å²) in [6.45, 7) is 1.02. The molecule has 17 heavy (non-hydrogen) atoms. The van der Waals surface area contributed by atoms with E-state index in [9.17, 15) is 4.79 Å². The number of methoxy groups -OCH3 is 1. The van der Waals surface area contributed by atoms with Crippen molar-refractivity contribution in [2.45, 2.75) is 0 Å². The average molecular weight is 302 g/mol. The second kappa shape index (κ2) is 7.17. The summed E-state index contributed by atoms with van der Waals surface area (Å²) in [4.78, 5) is 12.9. The van der Waals surface area contributed by atoms with Gasteiger partial charge in [0.15, 0.2) is 0 Å². The van der Waals surface area contributed by atoms with E-state index in [0.29, 0.717) is 18.5 Å². The van der Waals surface area contributed by atoms with E-state index in [0.717, 1.165) is 11.5 Å². The third kappa shape index (κ3) is 4.65. The molecule has 5 heteroatoms. The maximum atomic E-state index is 11.3. The summed E-state index contributed by atoms with van der Waals surface area (Å²) in [5.41, 5.74) is 0. The SMILES string of the molecule is COc1cccc(OCCN(C)C(=O)CBr)c1. The van der Waals surface area contributed by atoms with Crippen molar-refractivity contribution < 1.29 is 14.3 Å². The second-order valence-corrected chi connectivity index (χ2v) is 4.04. The minimum Gasteiger partial charge on any atom is -0.497 e. The number of halogens is 1. The Morgan fingerprint density at radius 1 is 1.41 bits per heavy atom. The molecule has 1 amide bonds. The first-order valence-corrected chi connectivity index (χ1v) is 6.36. The summed E-state index contributed by atoms with van der Waals surface area (Å²) in [7, 11) is 3.36. The number of nitrogens with zero attached hydrogens (tertiary/aromatic N) is 1. The van der Waals surface area contributed by atoms with Crippen molar-refractivity contribution in [3.63, 3.8) is 0 Å². The molecule has 0 bridgehead atoms. The van der Waals surface area contributed by atoms with E-state index < -0.39 is 0 Å². The lowest BCUT2D eigenvalue weighted by Gasteiger charge is -2.16. The highest BCUT2D eigenvalue weighted by Gasteiger charge is 2.06. The second-order valence-electron chi connectivity index (χ2n) is 3.48. The maximum Gasteiger partial charge on any atom is 0.233 e. The summed E-state index contributed by atoms with van der Waals surface area (Å²) in [6.07, 6.45) is 0. The van der Waals surface area contributed by atoms with Gasteiger partial charge in [-0.3, -0.25) is 4.79 Å². The zero-order valence-electron chi connectivity index (χ0n) is 9.98. The van der Waals surface area contributed by atoms with Gasteiger partial charge < -0.3 is 14.4 Å². The number of hydrogen-bond acceptors (Lipinski definition) is 3. The average Bonchev–Trinajstić information content (AvgIpc) is 2.37. The highest BCUT2D eigenvalue weighted by Crippen LogP contribution is 2.18. The standard InChI is InChI=1S/C12H16BrNO3/c1-14(12(15)9-13)6-7-17-11-5-3-4-10(8-11)16-2/h3-5,8H,6-7,9H2,1-2H3. The molecule has 4 nitrogen and oxygen atoms in total. The molecule has 0 fully saturated rings. The molecule has 0 saturated carbocycles. The van der Waals surface area contributed by atoms with Crippen LogP contribution in [0.1, 0.15) is 0 Å². The Hall–Kier alpha value is -1.23. The van der Waals surface area contributed by atoms with Crippen LogP contribution in [-0.4, -0.2) is 43.4 Å². The summed E-state index contributed by atoms with van der Waals surface area (Å²) < 4.78 is 10.6. The van der Waals surface area contributed by atoms with Crippen LogP contribution in [0.4, 0.5) is 0 Å². The van der Waals surface area contributed by atoms with Crippen LogP contribution < -0.4 is 9.47 Å². The zero-order chi connectivity index (χ0) is 12.7. The molecule has 0 aliphatic rings. The topological polar surface area (TPSA) is 38.8 Å². The fraction of sp³-hybridized carbons (Fsp3) is 0.417. The normalized spacial score (nSPS) is 9.82. The Labute approximate surface area is 110 Å². The van der Waals surface area contributed by atoms with Gasteiger partial charge in [0.05, 0.1) is 19.0 Å². The first kappa shape index (κ1) is 13.8. The highest BCUT2D eigenvalue weighted by atomic mass is 79.9. The number of benzene rings is 1. The first-order valence-electron chi connectivity index (χ1n) is 5.24. The molecule has 0 aromatic heterocycles. The van der Waals surface area contributed by atoms with Crippen LogP contribution in [0.25, 0.3) is 0 Å². The van der Waals surface area contributed by atoms with Crippen LogP contribution in [0.5, 0.6) is 11.5 Å². The molecule has 0 aliphatic heterocycles. The van der Waals surface area contributed by atoms with Crippen molar-refractivity contribution in [2.24, 2.45) is 0 Å². The number of rotatable bonds is 6. The molecule has 0 unspecified atom stereocenters. The van der Waals surface area contributed by atoms with Gasteiger partial charge in [0.2, 0.25) is 5.91 Å². The van der Waals surface area contributed by atoms with E-state index in [1.807, 2.05) is 24.3 Å². The van der Waals surface area contributed by atoms with E-state index in [-0.39, 0.29) is 5.91 Å². The van der Waals surface area contributed by atoms with Gasteiger partial charge in [-0.2, -0.15) is 0 Å². The molecule has 0 spiro atoms. The van der Waals surface area contributed by atoms with Gasteiger partial charge in [0, 0.05) is 13.1 Å². The number of amides is 1. The van der Waals surface area contributed by atoms with Crippen LogP contribution in [-0.2, 0) is 4.79 Å². The van der Waals surface area contributed by atoms with Crippen LogP contribution in [0, 0.1) is 0 Å². The van der Waals surface area contributed by atoms with E-state index in [4.69, 9.17) is 9.47 Å². The molecule has 94 valence electrons. The molecule has 1 aromatic rings. The number of carbonyl (C=O) groups is 1. The van der Waals surface area contributed by atoms with Gasteiger partial charge in [-0.1, -0.05) is 22.0 Å². The summed E-state index contributed by atoms with van der Waals surface area (Å²) >= 11 is 3.12. The maximum absolute atomic E-state index is 11.3. The third-order valence-electron chi connectivity index (χ3n) is 2.28. The van der Waals surface area contributed by atoms with Gasteiger partial charge in [-0.05, 0) is 12.1 Å². The van der Waals surface area contributed by atoms with Gasteiger partial charge in [0.1, 0.15) is 18.1 Å². The van der Waals surface area contributed by atoms with Gasteiger partial charge in [-0.25, -0.2) is 0 Å². The predicted octanol–water partition coefficient (Wildman–Crippen LogP) is 1.93. The number of alkyl halides is 1. The monoisotopic (exact) mass is 301 g/mol. The summed E-state index contributed by atoms with van der Waals surface area (Å²) in [5.74, 6) is 1.54. The number of likely N-dealkylation sites (N-methyl/N-ethyl adjacent to an activating group) is 1. The van der Waals surface area contributed by atoms with E-state index >= 15 is 0 Å². The third-order valence-corrected chi connectivity index (χ3v) is 2.76. The first-order chi connectivity index (χ1) is 8.17. The molecule has 0 heterocycles. The quantitative estimate of drug-likeness (QED) is 0.754. The smallest absolute Gasteiger partial charge is 0.233 e. The lowest BCUT2D eigenvalue weighted by atomic mass is 10.3. The Morgan fingerprint density at radius 2 is 2.12 bits per heavy atom. The van der Waals surface area contributed by atoms with Gasteiger partial charge in [0.25, 0.3) is 0 Å². The lowest BCUT2D eigenvalue weighted by Crippen LogP contribution is -2.31. The highest BCUT2D eigenvalue weighted by molar-refractivity contribution is 9.09. The van der Waals surface area contributed by atoms with Crippen molar-refractivity contribution in [1.82, 2.24) is 4.90 Å². The molecule has 0 radical (unpaired) electrons. The van der Waals surface area contributed by atoms with E-state index in [1.165, 1.54) is 0 Å². The molecule has 1 rings (SSSR count). The number of carbonyl (C=O) groups excluding carboxylic acids is 1. The fourth-order valence-electron chi connectivity index (χ4n) is 1.22. The molecule has 0 atom stereocenters. The summed E-state index contributed by atoms with van der Waals surface area (Å²) in [5, 5.41) is 0.336. The Kier molecular flexibility index (Phi) is 5.83. The van der Waals surface area contributed by atoms with Crippen molar-refractivity contribution >= 4 is 21.8 Å². The molecule has 1 aromatic carbocycles. The Bertz CT molecular complexity index is 371. The van der Waals surface area contributed by atoms with Crippen LogP contribution in [0.2, 0.25) is 0 Å². The minimum absolute atomic E-state index is 0.0410. The van der Waals surface area contributed by atoms with E-state index in [2.05, 4.69) is 15.9 Å². The van der Waals surface area contributed by atoms with Crippen LogP contribution in [0.15, 0.2) is 24.3 Å². The minimum atomic E-state index is 0.0410. The molecular weight excluding hydrogens is 286 g/mol. The summed E-state index contributed by atoms with van der Waals surface area (Å²) in [6, 6.07) is 7.38. The number of hydrogen-bond donors (Lipinski definition) is 0. The molecule has 0 aliphatic carbocycles. The van der Waals surface area contributed by atoms with E-state index in [1.54, 1.807) is 19.1 Å². The van der Waals surface area contributed by atoms with Gasteiger partial charge >= 0.3 is 0 Å². The zero-order valence-corrected chi connectivity index (χ0v) is 11.6. The van der Waals surface area contributed by atoms with Crippen LogP contribution >= 0.6 is 15.9 Å². The van der Waals surface area contributed by atoms with Crippen molar-refractivity contribution in [3.05, 3.63) is 24.3 Å². The van der Waals surface area contributed by atoms with Crippen molar-refractivity contribution in [3.8, 4) is 11.5 Å². The Morgan fingerprint density at radius 3 is 2.76 bits per heavy atom. The molecular formula is C12H16BrNO3. The van der Waals surface area contributed by atoms with Gasteiger partial charge in [-0.15, -0.1) is 0 Å². The predicted molar refractivity (Wildman–Crippen MR) is 69.9 cm³/mol.